The highest BCUT2D eigenvalue weighted by Crippen LogP contribution is 2.25. The van der Waals surface area contributed by atoms with Crippen molar-refractivity contribution in [2.75, 3.05) is 19.8 Å². The van der Waals surface area contributed by atoms with Crippen LogP contribution in [0.25, 0.3) is 0 Å². The molecule has 3 N–H and O–H groups in total. The van der Waals surface area contributed by atoms with Gasteiger partial charge in [0.25, 0.3) is 0 Å². The lowest BCUT2D eigenvalue weighted by molar-refractivity contribution is -0.0299. The van der Waals surface area contributed by atoms with Crippen molar-refractivity contribution in [2.45, 2.75) is 24.7 Å². The molecule has 106 valence electrons. The van der Waals surface area contributed by atoms with Gasteiger partial charge in [-0.3, -0.25) is 0 Å². The topological polar surface area (TPSA) is 61.7 Å². The minimum atomic E-state index is -0.690. The van der Waals surface area contributed by atoms with Gasteiger partial charge >= 0.3 is 0 Å². The molecule has 0 spiro atoms. The monoisotopic (exact) mass is 305 g/mol. The van der Waals surface area contributed by atoms with Gasteiger partial charge in [-0.1, -0.05) is 29.3 Å². The summed E-state index contributed by atoms with van der Waals surface area (Å²) in [6, 6.07) is 5.00. The van der Waals surface area contributed by atoms with E-state index in [1.165, 1.54) is 0 Å². The van der Waals surface area contributed by atoms with Gasteiger partial charge in [0.1, 0.15) is 0 Å². The van der Waals surface area contributed by atoms with Crippen LogP contribution < -0.4 is 5.32 Å². The number of aliphatic hydroxyl groups excluding tert-OH is 2. The number of hydrogen-bond acceptors (Lipinski definition) is 4. The number of nitrogens with one attached hydrogen (secondary N) is 1. The van der Waals surface area contributed by atoms with Gasteiger partial charge in [0.05, 0.1) is 28.9 Å². The van der Waals surface area contributed by atoms with Crippen molar-refractivity contribution >= 4 is 23.2 Å². The summed E-state index contributed by atoms with van der Waals surface area (Å²) in [5.41, 5.74) is 0.698. The molecule has 19 heavy (non-hydrogen) atoms. The zero-order chi connectivity index (χ0) is 13.8. The molecule has 0 radical (unpaired) electrons. The van der Waals surface area contributed by atoms with Gasteiger partial charge in [-0.25, -0.2) is 0 Å². The molecule has 0 aliphatic carbocycles. The van der Waals surface area contributed by atoms with E-state index in [-0.39, 0.29) is 6.04 Å². The predicted octanol–water partition coefficient (Wildman–Crippen LogP) is 1.77. The Hall–Kier alpha value is -0.360. The number of rotatable bonds is 4. The lowest BCUT2D eigenvalue weighted by atomic mass is 10.0. The summed E-state index contributed by atoms with van der Waals surface area (Å²) in [7, 11) is 0. The molecule has 1 heterocycles. The summed E-state index contributed by atoms with van der Waals surface area (Å²) in [6.07, 6.45) is -0.491. The molecule has 0 aromatic heterocycles. The van der Waals surface area contributed by atoms with E-state index < -0.39 is 12.2 Å². The Morgan fingerprint density at radius 3 is 2.84 bits per heavy atom. The number of benzene rings is 1. The van der Waals surface area contributed by atoms with Crippen LogP contribution in [-0.4, -0.2) is 42.1 Å². The van der Waals surface area contributed by atoms with Crippen LogP contribution >= 0.6 is 23.2 Å². The van der Waals surface area contributed by atoms with Crippen LogP contribution in [0.2, 0.25) is 10.0 Å². The third-order valence-corrected chi connectivity index (χ3v) is 3.97. The van der Waals surface area contributed by atoms with Crippen LogP contribution in [0.1, 0.15) is 18.1 Å². The summed E-state index contributed by atoms with van der Waals surface area (Å²) < 4.78 is 5.15. The quantitative estimate of drug-likeness (QED) is 0.793. The first-order valence-corrected chi connectivity index (χ1v) is 6.95. The van der Waals surface area contributed by atoms with Crippen molar-refractivity contribution < 1.29 is 14.9 Å². The Bertz CT molecular complexity index is 430. The molecule has 1 aliphatic rings. The minimum absolute atomic E-state index is 0.0498. The first-order chi connectivity index (χ1) is 9.08. The van der Waals surface area contributed by atoms with E-state index in [9.17, 15) is 10.2 Å². The van der Waals surface area contributed by atoms with E-state index in [4.69, 9.17) is 27.9 Å². The standard InChI is InChI=1S/C13H17Cl2NO3/c14-9-2-1-8(5-10(9)15)12(17)6-16-11-3-4-19-7-13(11)18/h1-2,5,11-13,16-18H,3-4,6-7H2/t11-,12+,13-/m1/s1. The van der Waals surface area contributed by atoms with E-state index in [0.717, 1.165) is 6.42 Å². The van der Waals surface area contributed by atoms with E-state index >= 15 is 0 Å². The van der Waals surface area contributed by atoms with Gasteiger partial charge in [-0.15, -0.1) is 0 Å². The third-order valence-electron chi connectivity index (χ3n) is 3.23. The van der Waals surface area contributed by atoms with Gasteiger partial charge in [-0.05, 0) is 24.1 Å². The zero-order valence-electron chi connectivity index (χ0n) is 10.4. The number of hydrogen-bond donors (Lipinski definition) is 3. The highest BCUT2D eigenvalue weighted by molar-refractivity contribution is 6.42. The molecular weight excluding hydrogens is 289 g/mol. The summed E-state index contributed by atoms with van der Waals surface area (Å²) in [5.74, 6) is 0. The molecule has 1 fully saturated rings. The Labute approximate surface area is 122 Å². The second-order valence-corrected chi connectivity index (χ2v) is 5.45. The molecule has 1 aliphatic heterocycles. The average molecular weight is 306 g/mol. The van der Waals surface area contributed by atoms with E-state index in [0.29, 0.717) is 35.4 Å². The van der Waals surface area contributed by atoms with Gasteiger partial charge in [0.2, 0.25) is 0 Å². The number of halogens is 2. The van der Waals surface area contributed by atoms with Gasteiger partial charge in [0, 0.05) is 19.2 Å². The lowest BCUT2D eigenvalue weighted by Gasteiger charge is -2.29. The zero-order valence-corrected chi connectivity index (χ0v) is 11.9. The number of ether oxygens (including phenoxy) is 1. The predicted molar refractivity (Wildman–Crippen MR) is 74.7 cm³/mol. The molecule has 3 atom stereocenters. The van der Waals surface area contributed by atoms with Crippen LogP contribution in [0.15, 0.2) is 18.2 Å². The van der Waals surface area contributed by atoms with Crippen molar-refractivity contribution in [3.05, 3.63) is 33.8 Å². The fraction of sp³-hybridized carbons (Fsp3) is 0.538. The van der Waals surface area contributed by atoms with Crippen LogP contribution in [0, 0.1) is 0 Å². The second kappa shape index (κ2) is 6.88. The molecule has 0 unspecified atom stereocenters. The van der Waals surface area contributed by atoms with Crippen molar-refractivity contribution in [1.29, 1.82) is 0 Å². The summed E-state index contributed by atoms with van der Waals surface area (Å²) in [6.45, 7) is 1.30. The maximum absolute atomic E-state index is 10.1. The lowest BCUT2D eigenvalue weighted by Crippen LogP contribution is -2.47. The normalized spacial score (nSPS) is 25.3. The van der Waals surface area contributed by atoms with Crippen molar-refractivity contribution in [3.63, 3.8) is 0 Å². The Morgan fingerprint density at radius 2 is 2.16 bits per heavy atom. The molecule has 1 saturated heterocycles. The summed E-state index contributed by atoms with van der Waals surface area (Å²) in [5, 5.41) is 23.8. The summed E-state index contributed by atoms with van der Waals surface area (Å²) in [4.78, 5) is 0. The first kappa shape index (κ1) is 15.0. The first-order valence-electron chi connectivity index (χ1n) is 6.20. The van der Waals surface area contributed by atoms with Crippen LogP contribution in [0.4, 0.5) is 0 Å². The molecule has 0 amide bonds. The van der Waals surface area contributed by atoms with E-state index in [1.54, 1.807) is 18.2 Å². The Morgan fingerprint density at radius 1 is 1.37 bits per heavy atom. The Balaban J connectivity index is 1.89. The number of aliphatic hydroxyl groups is 2. The molecule has 6 heteroatoms. The highest BCUT2D eigenvalue weighted by atomic mass is 35.5. The van der Waals surface area contributed by atoms with Gasteiger partial charge in [0.15, 0.2) is 0 Å². The van der Waals surface area contributed by atoms with Gasteiger partial charge < -0.3 is 20.3 Å². The third kappa shape index (κ3) is 4.05. The minimum Gasteiger partial charge on any atom is -0.389 e. The second-order valence-electron chi connectivity index (χ2n) is 4.64. The van der Waals surface area contributed by atoms with E-state index in [1.807, 2.05) is 0 Å². The van der Waals surface area contributed by atoms with Gasteiger partial charge in [-0.2, -0.15) is 0 Å². The molecule has 0 saturated carbocycles. The van der Waals surface area contributed by atoms with Crippen LogP contribution in [0.5, 0.6) is 0 Å². The molecule has 2 rings (SSSR count). The molecular formula is C13H17Cl2NO3. The van der Waals surface area contributed by atoms with Crippen molar-refractivity contribution in [1.82, 2.24) is 5.32 Å². The maximum atomic E-state index is 10.1. The largest absolute Gasteiger partial charge is 0.389 e. The van der Waals surface area contributed by atoms with Crippen LogP contribution in [-0.2, 0) is 4.74 Å². The average Bonchev–Trinajstić information content (AvgIpc) is 2.40. The molecule has 1 aromatic carbocycles. The van der Waals surface area contributed by atoms with E-state index in [2.05, 4.69) is 5.32 Å². The summed E-state index contributed by atoms with van der Waals surface area (Å²) >= 11 is 11.7. The maximum Gasteiger partial charge on any atom is 0.0927 e. The smallest absolute Gasteiger partial charge is 0.0927 e. The molecule has 0 bridgehead atoms. The SMILES string of the molecule is O[C@@H]1COCC[C@H]1NC[C@H](O)c1ccc(Cl)c(Cl)c1. The molecule has 4 nitrogen and oxygen atoms in total. The van der Waals surface area contributed by atoms with Crippen molar-refractivity contribution in [2.24, 2.45) is 0 Å². The highest BCUT2D eigenvalue weighted by Gasteiger charge is 2.24. The fourth-order valence-corrected chi connectivity index (χ4v) is 2.37. The van der Waals surface area contributed by atoms with Crippen molar-refractivity contribution in [3.8, 4) is 0 Å². The Kier molecular flexibility index (Phi) is 5.45. The fourth-order valence-electron chi connectivity index (χ4n) is 2.06. The molecule has 1 aromatic rings. The van der Waals surface area contributed by atoms with Crippen LogP contribution in [0.3, 0.4) is 0 Å².